The van der Waals surface area contributed by atoms with Gasteiger partial charge < -0.3 is 10.2 Å². The van der Waals surface area contributed by atoms with Gasteiger partial charge in [-0.3, -0.25) is 0 Å². The molecule has 0 aromatic carbocycles. The number of aromatic nitrogens is 4. The minimum Gasteiger partial charge on any atom is -0.348 e. The first-order valence-electron chi connectivity index (χ1n) is 8.09. The SMILES string of the molecule is Cc1nc2n(n1)C[C@H](NC1CCN(c3nccs3)CC1)CC2. The second kappa shape index (κ2) is 5.96. The average Bonchev–Trinajstić information content (AvgIpc) is 3.16. The zero-order valence-electron chi connectivity index (χ0n) is 12.9. The Balaban J connectivity index is 1.30. The van der Waals surface area contributed by atoms with Gasteiger partial charge in [0.15, 0.2) is 5.13 Å². The summed E-state index contributed by atoms with van der Waals surface area (Å²) < 4.78 is 2.08. The molecular weight excluding hydrogens is 296 g/mol. The van der Waals surface area contributed by atoms with Crippen LogP contribution in [0.1, 0.15) is 30.9 Å². The van der Waals surface area contributed by atoms with Crippen molar-refractivity contribution in [2.75, 3.05) is 18.0 Å². The molecule has 22 heavy (non-hydrogen) atoms. The van der Waals surface area contributed by atoms with E-state index in [0.717, 1.165) is 37.7 Å². The van der Waals surface area contributed by atoms with Gasteiger partial charge in [0.1, 0.15) is 11.6 Å². The van der Waals surface area contributed by atoms with E-state index in [-0.39, 0.29) is 0 Å². The Bertz CT molecular complexity index is 614. The molecule has 0 saturated carbocycles. The van der Waals surface area contributed by atoms with E-state index in [2.05, 4.69) is 35.3 Å². The molecule has 2 aromatic heterocycles. The van der Waals surface area contributed by atoms with Crippen molar-refractivity contribution in [1.82, 2.24) is 25.1 Å². The highest BCUT2D eigenvalue weighted by Gasteiger charge is 2.26. The van der Waals surface area contributed by atoms with Crippen molar-refractivity contribution in [2.24, 2.45) is 0 Å². The van der Waals surface area contributed by atoms with Gasteiger partial charge in [-0.25, -0.2) is 14.6 Å². The van der Waals surface area contributed by atoms with Gasteiger partial charge in [-0.15, -0.1) is 11.3 Å². The molecule has 7 heteroatoms. The number of anilines is 1. The molecule has 0 bridgehead atoms. The number of rotatable bonds is 3. The molecule has 1 saturated heterocycles. The first kappa shape index (κ1) is 14.1. The maximum absolute atomic E-state index is 4.49. The van der Waals surface area contributed by atoms with Gasteiger partial charge in [0.25, 0.3) is 0 Å². The highest BCUT2D eigenvalue weighted by Crippen LogP contribution is 2.23. The maximum atomic E-state index is 4.49. The summed E-state index contributed by atoms with van der Waals surface area (Å²) in [6.07, 6.45) is 6.49. The van der Waals surface area contributed by atoms with E-state index in [0.29, 0.717) is 12.1 Å². The molecule has 118 valence electrons. The number of hydrogen-bond acceptors (Lipinski definition) is 6. The molecule has 1 atom stereocenters. The Morgan fingerprint density at radius 1 is 1.23 bits per heavy atom. The third-order valence-corrected chi connectivity index (χ3v) is 5.45. The van der Waals surface area contributed by atoms with Gasteiger partial charge in [0, 0.05) is 43.2 Å². The van der Waals surface area contributed by atoms with Crippen molar-refractivity contribution in [3.05, 3.63) is 23.2 Å². The molecule has 1 N–H and O–H groups in total. The zero-order chi connectivity index (χ0) is 14.9. The zero-order valence-corrected chi connectivity index (χ0v) is 13.7. The highest BCUT2D eigenvalue weighted by atomic mass is 32.1. The average molecular weight is 318 g/mol. The first-order chi connectivity index (χ1) is 10.8. The smallest absolute Gasteiger partial charge is 0.185 e. The molecule has 2 aliphatic rings. The van der Waals surface area contributed by atoms with Crippen molar-refractivity contribution in [1.29, 1.82) is 0 Å². The van der Waals surface area contributed by atoms with Gasteiger partial charge in [-0.1, -0.05) is 0 Å². The molecule has 4 heterocycles. The molecule has 0 radical (unpaired) electrons. The van der Waals surface area contributed by atoms with Crippen LogP contribution in [0, 0.1) is 6.92 Å². The fraction of sp³-hybridized carbons (Fsp3) is 0.667. The Labute approximate surface area is 134 Å². The molecule has 2 aromatic rings. The van der Waals surface area contributed by atoms with Crippen molar-refractivity contribution in [3.63, 3.8) is 0 Å². The summed E-state index contributed by atoms with van der Waals surface area (Å²) in [5.74, 6) is 2.04. The van der Waals surface area contributed by atoms with Crippen LogP contribution in [0.3, 0.4) is 0 Å². The van der Waals surface area contributed by atoms with E-state index in [1.54, 1.807) is 11.3 Å². The third kappa shape index (κ3) is 2.87. The maximum Gasteiger partial charge on any atom is 0.185 e. The minimum absolute atomic E-state index is 0.532. The highest BCUT2D eigenvalue weighted by molar-refractivity contribution is 7.13. The first-order valence-corrected chi connectivity index (χ1v) is 8.97. The van der Waals surface area contributed by atoms with Crippen LogP contribution in [-0.4, -0.2) is 44.9 Å². The molecular formula is C15H22N6S. The lowest BCUT2D eigenvalue weighted by atomic mass is 10.0. The van der Waals surface area contributed by atoms with Gasteiger partial charge in [-0.05, 0) is 26.2 Å². The molecule has 0 amide bonds. The Morgan fingerprint density at radius 3 is 2.86 bits per heavy atom. The fourth-order valence-corrected chi connectivity index (χ4v) is 4.21. The Morgan fingerprint density at radius 2 is 2.09 bits per heavy atom. The summed E-state index contributed by atoms with van der Waals surface area (Å²) in [7, 11) is 0. The van der Waals surface area contributed by atoms with Crippen LogP contribution in [0.5, 0.6) is 0 Å². The molecule has 2 aliphatic heterocycles. The monoisotopic (exact) mass is 318 g/mol. The predicted molar refractivity (Wildman–Crippen MR) is 87.4 cm³/mol. The number of fused-ring (bicyclic) bond motifs is 1. The van der Waals surface area contributed by atoms with Crippen LogP contribution in [0.2, 0.25) is 0 Å². The lowest BCUT2D eigenvalue weighted by Crippen LogP contribution is -2.48. The predicted octanol–water partition coefficient (Wildman–Crippen LogP) is 1.62. The molecule has 0 spiro atoms. The summed E-state index contributed by atoms with van der Waals surface area (Å²) in [5.41, 5.74) is 0. The fourth-order valence-electron chi connectivity index (χ4n) is 3.51. The largest absolute Gasteiger partial charge is 0.348 e. The van der Waals surface area contributed by atoms with E-state index in [1.165, 1.54) is 24.4 Å². The van der Waals surface area contributed by atoms with Crippen molar-refractivity contribution >= 4 is 16.5 Å². The number of nitrogens with zero attached hydrogens (tertiary/aromatic N) is 5. The van der Waals surface area contributed by atoms with Gasteiger partial charge in [0.05, 0.1) is 6.54 Å². The summed E-state index contributed by atoms with van der Waals surface area (Å²) in [6.45, 7) is 5.14. The van der Waals surface area contributed by atoms with Crippen molar-refractivity contribution in [3.8, 4) is 0 Å². The summed E-state index contributed by atoms with van der Waals surface area (Å²) >= 11 is 1.74. The quantitative estimate of drug-likeness (QED) is 0.932. The molecule has 0 aliphatic carbocycles. The van der Waals surface area contributed by atoms with Crippen LogP contribution in [0.15, 0.2) is 11.6 Å². The summed E-state index contributed by atoms with van der Waals surface area (Å²) in [4.78, 5) is 11.3. The van der Waals surface area contributed by atoms with Crippen LogP contribution >= 0.6 is 11.3 Å². The van der Waals surface area contributed by atoms with E-state index in [4.69, 9.17) is 0 Å². The third-order valence-electron chi connectivity index (χ3n) is 4.62. The second-order valence-corrected chi connectivity index (χ2v) is 7.11. The van der Waals surface area contributed by atoms with Crippen LogP contribution in [0.25, 0.3) is 0 Å². The number of nitrogens with one attached hydrogen (secondary N) is 1. The van der Waals surface area contributed by atoms with Crippen LogP contribution in [0.4, 0.5) is 5.13 Å². The normalized spacial score (nSPS) is 22.8. The summed E-state index contributed by atoms with van der Waals surface area (Å²) in [6, 6.07) is 1.15. The van der Waals surface area contributed by atoms with Crippen molar-refractivity contribution < 1.29 is 0 Å². The molecule has 4 rings (SSSR count). The van der Waals surface area contributed by atoms with Gasteiger partial charge in [0.2, 0.25) is 0 Å². The van der Waals surface area contributed by atoms with E-state index in [1.807, 2.05) is 13.1 Å². The molecule has 0 unspecified atom stereocenters. The van der Waals surface area contributed by atoms with E-state index in [9.17, 15) is 0 Å². The van der Waals surface area contributed by atoms with Crippen LogP contribution < -0.4 is 10.2 Å². The minimum atomic E-state index is 0.532. The van der Waals surface area contributed by atoms with Gasteiger partial charge in [-0.2, -0.15) is 5.10 Å². The van der Waals surface area contributed by atoms with E-state index < -0.39 is 0 Å². The van der Waals surface area contributed by atoms with Crippen LogP contribution in [-0.2, 0) is 13.0 Å². The Hall–Kier alpha value is -1.47. The Kier molecular flexibility index (Phi) is 3.83. The molecule has 1 fully saturated rings. The number of hydrogen-bond donors (Lipinski definition) is 1. The number of thiazole rings is 1. The second-order valence-electron chi connectivity index (χ2n) is 6.24. The lowest BCUT2D eigenvalue weighted by Gasteiger charge is -2.35. The standard InChI is InChI=1S/C15H22N6S/c1-11-17-14-3-2-13(10-21(14)19-11)18-12-4-7-20(8-5-12)15-16-6-9-22-15/h6,9,12-13,18H,2-5,7-8,10H2,1H3/t13-/m1/s1. The topological polar surface area (TPSA) is 58.9 Å². The van der Waals surface area contributed by atoms with Crippen molar-refractivity contribution in [2.45, 2.75) is 51.2 Å². The van der Waals surface area contributed by atoms with E-state index >= 15 is 0 Å². The number of piperidine rings is 1. The number of aryl methyl sites for hydroxylation is 2. The van der Waals surface area contributed by atoms with Gasteiger partial charge >= 0.3 is 0 Å². The lowest BCUT2D eigenvalue weighted by molar-refractivity contribution is 0.299. The molecule has 6 nitrogen and oxygen atoms in total. The summed E-state index contributed by atoms with van der Waals surface area (Å²) in [5, 5.41) is 11.6.